The number of hydrogen-bond acceptors (Lipinski definition) is 2. The van der Waals surface area contributed by atoms with Crippen LogP contribution >= 0.6 is 0 Å². The van der Waals surface area contributed by atoms with Crippen LogP contribution in [0.1, 0.15) is 54.4 Å². The molecule has 0 amide bonds. The van der Waals surface area contributed by atoms with Crippen LogP contribution in [0.4, 0.5) is 0 Å². The highest BCUT2D eigenvalue weighted by Gasteiger charge is 2.22. The van der Waals surface area contributed by atoms with E-state index < -0.39 is 0 Å². The van der Waals surface area contributed by atoms with Crippen molar-refractivity contribution >= 4 is 0 Å². The van der Waals surface area contributed by atoms with Crippen LogP contribution in [0.15, 0.2) is 0 Å². The quantitative estimate of drug-likeness (QED) is 0.714. The van der Waals surface area contributed by atoms with Gasteiger partial charge in [-0.15, -0.1) is 0 Å². The van der Waals surface area contributed by atoms with Crippen molar-refractivity contribution in [2.24, 2.45) is 11.3 Å². The third-order valence-corrected chi connectivity index (χ3v) is 3.53. The lowest BCUT2D eigenvalue weighted by Crippen LogP contribution is -2.43. The molecule has 0 aliphatic carbocycles. The summed E-state index contributed by atoms with van der Waals surface area (Å²) >= 11 is 0. The molecule has 0 aromatic heterocycles. The van der Waals surface area contributed by atoms with Gasteiger partial charge in [-0.05, 0) is 18.3 Å². The molecule has 0 aliphatic rings. The molecule has 0 heterocycles. The van der Waals surface area contributed by atoms with Gasteiger partial charge in [0.25, 0.3) is 0 Å². The summed E-state index contributed by atoms with van der Waals surface area (Å²) in [6.07, 6.45) is 1.91. The van der Waals surface area contributed by atoms with Crippen molar-refractivity contribution in [2.45, 2.75) is 66.5 Å². The third kappa shape index (κ3) is 5.53. The molecule has 0 rings (SSSR count). The van der Waals surface area contributed by atoms with E-state index in [1.807, 2.05) is 0 Å². The molecule has 0 bridgehead atoms. The van der Waals surface area contributed by atoms with Crippen molar-refractivity contribution in [3.63, 3.8) is 0 Å². The van der Waals surface area contributed by atoms with Crippen molar-refractivity contribution in [2.75, 3.05) is 6.54 Å². The minimum absolute atomic E-state index is 0.204. The minimum atomic E-state index is -0.204. The smallest absolute Gasteiger partial charge is 0.0692 e. The fourth-order valence-corrected chi connectivity index (χ4v) is 1.60. The Morgan fingerprint density at radius 1 is 1.13 bits per heavy atom. The van der Waals surface area contributed by atoms with Gasteiger partial charge in [0.05, 0.1) is 6.10 Å². The second kappa shape index (κ2) is 6.49. The minimum Gasteiger partial charge on any atom is -0.392 e. The van der Waals surface area contributed by atoms with Gasteiger partial charge in [-0.25, -0.2) is 0 Å². The van der Waals surface area contributed by atoms with Crippen LogP contribution in [0.25, 0.3) is 0 Å². The summed E-state index contributed by atoms with van der Waals surface area (Å²) in [6, 6.07) is 0.432. The van der Waals surface area contributed by atoms with Crippen LogP contribution in [0.2, 0.25) is 0 Å². The van der Waals surface area contributed by atoms with Crippen LogP contribution in [0.5, 0.6) is 0 Å². The number of aliphatic hydroxyl groups excluding tert-OH is 1. The van der Waals surface area contributed by atoms with Gasteiger partial charge in [-0.1, -0.05) is 47.5 Å². The van der Waals surface area contributed by atoms with E-state index in [-0.39, 0.29) is 11.5 Å². The fraction of sp³-hybridized carbons (Fsp3) is 1.00. The first-order valence-electron chi connectivity index (χ1n) is 6.24. The van der Waals surface area contributed by atoms with Crippen molar-refractivity contribution in [1.29, 1.82) is 0 Å². The molecule has 0 saturated heterocycles. The Morgan fingerprint density at radius 3 is 1.93 bits per heavy atom. The Kier molecular flexibility index (Phi) is 6.46. The molecule has 15 heavy (non-hydrogen) atoms. The molecule has 0 saturated carbocycles. The van der Waals surface area contributed by atoms with Crippen molar-refractivity contribution < 1.29 is 5.11 Å². The predicted octanol–water partition coefficient (Wildman–Crippen LogP) is 2.81. The summed E-state index contributed by atoms with van der Waals surface area (Å²) in [6.45, 7) is 13.8. The molecular formula is C13H29NO. The normalized spacial score (nSPS) is 16.8. The highest BCUT2D eigenvalue weighted by atomic mass is 16.3. The van der Waals surface area contributed by atoms with Crippen LogP contribution in [-0.4, -0.2) is 23.8 Å². The maximum atomic E-state index is 9.96. The predicted molar refractivity (Wildman–Crippen MR) is 67.0 cm³/mol. The van der Waals surface area contributed by atoms with Crippen molar-refractivity contribution in [1.82, 2.24) is 5.32 Å². The first-order valence-corrected chi connectivity index (χ1v) is 6.24. The van der Waals surface area contributed by atoms with Gasteiger partial charge < -0.3 is 10.4 Å². The highest BCUT2D eigenvalue weighted by molar-refractivity contribution is 4.78. The summed E-state index contributed by atoms with van der Waals surface area (Å²) in [5.74, 6) is 0.435. The summed E-state index contributed by atoms with van der Waals surface area (Å²) in [7, 11) is 0. The Bertz CT molecular complexity index is 158. The second-order valence-corrected chi connectivity index (χ2v) is 5.64. The van der Waals surface area contributed by atoms with E-state index in [9.17, 15) is 5.11 Å². The maximum absolute atomic E-state index is 9.96. The number of rotatable bonds is 6. The summed E-state index contributed by atoms with van der Waals surface area (Å²) in [5, 5.41) is 13.4. The molecule has 92 valence electrons. The van der Waals surface area contributed by atoms with Gasteiger partial charge in [0.1, 0.15) is 0 Å². The van der Waals surface area contributed by atoms with E-state index in [0.29, 0.717) is 18.5 Å². The van der Waals surface area contributed by atoms with Crippen LogP contribution < -0.4 is 5.32 Å². The van der Waals surface area contributed by atoms with Gasteiger partial charge >= 0.3 is 0 Å². The Balaban J connectivity index is 3.94. The standard InChI is InChI=1S/C13H29NO/c1-7-11(8-2)12(15)9-14-10(3)13(4,5)6/h10-12,14-15H,7-9H2,1-6H3. The average Bonchev–Trinajstić information content (AvgIpc) is 2.14. The van der Waals surface area contributed by atoms with Crippen molar-refractivity contribution in [3.05, 3.63) is 0 Å². The SMILES string of the molecule is CCC(CC)C(O)CNC(C)C(C)(C)C. The first kappa shape index (κ1) is 14.9. The van der Waals surface area contributed by atoms with Gasteiger partial charge in [0, 0.05) is 12.6 Å². The van der Waals surface area contributed by atoms with Crippen LogP contribution in [0.3, 0.4) is 0 Å². The van der Waals surface area contributed by atoms with Gasteiger partial charge in [0.2, 0.25) is 0 Å². The Morgan fingerprint density at radius 2 is 1.60 bits per heavy atom. The summed E-state index contributed by atoms with van der Waals surface area (Å²) < 4.78 is 0. The number of hydrogen-bond donors (Lipinski definition) is 2. The summed E-state index contributed by atoms with van der Waals surface area (Å²) in [5.41, 5.74) is 0.258. The second-order valence-electron chi connectivity index (χ2n) is 5.64. The largest absolute Gasteiger partial charge is 0.392 e. The molecule has 2 atom stereocenters. The van der Waals surface area contributed by atoms with Crippen LogP contribution in [-0.2, 0) is 0 Å². The molecular weight excluding hydrogens is 186 g/mol. The zero-order valence-corrected chi connectivity index (χ0v) is 11.3. The molecule has 0 spiro atoms. The van der Waals surface area contributed by atoms with Gasteiger partial charge in [0.15, 0.2) is 0 Å². The molecule has 0 aromatic rings. The van der Waals surface area contributed by atoms with E-state index >= 15 is 0 Å². The molecule has 0 aromatic carbocycles. The lowest BCUT2D eigenvalue weighted by Gasteiger charge is -2.30. The maximum Gasteiger partial charge on any atom is 0.0692 e. The Hall–Kier alpha value is -0.0800. The number of nitrogens with one attached hydrogen (secondary N) is 1. The Labute approximate surface area is 95.5 Å². The zero-order valence-electron chi connectivity index (χ0n) is 11.3. The number of aliphatic hydroxyl groups is 1. The van der Waals surface area contributed by atoms with E-state index in [1.54, 1.807) is 0 Å². The zero-order chi connectivity index (χ0) is 12.1. The lowest BCUT2D eigenvalue weighted by molar-refractivity contribution is 0.0930. The fourth-order valence-electron chi connectivity index (χ4n) is 1.60. The molecule has 0 fully saturated rings. The first-order chi connectivity index (χ1) is 6.82. The van der Waals surface area contributed by atoms with Crippen LogP contribution in [0, 0.1) is 11.3 Å². The van der Waals surface area contributed by atoms with E-state index in [0.717, 1.165) is 12.8 Å². The van der Waals surface area contributed by atoms with E-state index in [4.69, 9.17) is 0 Å². The molecule has 0 aliphatic heterocycles. The molecule has 0 radical (unpaired) electrons. The highest BCUT2D eigenvalue weighted by Crippen LogP contribution is 2.19. The molecule has 2 nitrogen and oxygen atoms in total. The van der Waals surface area contributed by atoms with Gasteiger partial charge in [-0.2, -0.15) is 0 Å². The monoisotopic (exact) mass is 215 g/mol. The summed E-state index contributed by atoms with van der Waals surface area (Å²) in [4.78, 5) is 0. The van der Waals surface area contributed by atoms with Gasteiger partial charge in [-0.3, -0.25) is 0 Å². The van der Waals surface area contributed by atoms with E-state index in [1.165, 1.54) is 0 Å². The van der Waals surface area contributed by atoms with Crippen molar-refractivity contribution in [3.8, 4) is 0 Å². The lowest BCUT2D eigenvalue weighted by atomic mass is 9.87. The molecule has 2 unspecified atom stereocenters. The molecule has 2 heteroatoms. The third-order valence-electron chi connectivity index (χ3n) is 3.53. The van der Waals surface area contributed by atoms with E-state index in [2.05, 4.69) is 46.9 Å². The average molecular weight is 215 g/mol. The topological polar surface area (TPSA) is 32.3 Å². The molecule has 2 N–H and O–H groups in total.